The number of ketones is 1. The smallest absolute Gasteiger partial charge is 0.253 e. The van der Waals surface area contributed by atoms with Gasteiger partial charge in [0.15, 0.2) is 16.8 Å². The van der Waals surface area contributed by atoms with Crippen molar-refractivity contribution >= 4 is 35.1 Å². The fourth-order valence-electron chi connectivity index (χ4n) is 3.32. The Hall–Kier alpha value is -3.10. The van der Waals surface area contributed by atoms with E-state index in [9.17, 15) is 9.59 Å². The van der Waals surface area contributed by atoms with Crippen LogP contribution in [0.5, 0.6) is 5.75 Å². The van der Waals surface area contributed by atoms with Gasteiger partial charge in [0.2, 0.25) is 0 Å². The van der Waals surface area contributed by atoms with Gasteiger partial charge in [-0.2, -0.15) is 0 Å². The molecule has 0 fully saturated rings. The minimum Gasteiger partial charge on any atom is -0.497 e. The number of carbonyl (C=O) groups excluding carboxylic acids is 2. The maximum Gasteiger partial charge on any atom is 0.253 e. The van der Waals surface area contributed by atoms with Gasteiger partial charge in [-0.1, -0.05) is 55.4 Å². The maximum atomic E-state index is 12.9. The molecular weight excluding hydrogens is 472 g/mol. The third kappa shape index (κ3) is 6.07. The van der Waals surface area contributed by atoms with Crippen LogP contribution < -0.4 is 10.1 Å². The number of carbonyl (C=O) groups is 2. The molecule has 2 aromatic carbocycles. The average Bonchev–Trinajstić information content (AvgIpc) is 3.23. The number of halogens is 1. The number of methoxy groups -OCH3 is 1. The molecule has 3 rings (SSSR count). The maximum absolute atomic E-state index is 12.9. The molecule has 0 bridgehead atoms. The van der Waals surface area contributed by atoms with Crippen LogP contribution >= 0.6 is 23.4 Å². The molecular formula is C25H27ClN4O3S. The molecule has 1 unspecified atom stereocenters. The quantitative estimate of drug-likeness (QED) is 0.221. The first-order chi connectivity index (χ1) is 16.3. The van der Waals surface area contributed by atoms with E-state index in [0.29, 0.717) is 39.4 Å². The van der Waals surface area contributed by atoms with Crippen molar-refractivity contribution < 1.29 is 14.3 Å². The van der Waals surface area contributed by atoms with Gasteiger partial charge in [-0.3, -0.25) is 9.59 Å². The van der Waals surface area contributed by atoms with Crippen LogP contribution in [0.15, 0.2) is 66.3 Å². The van der Waals surface area contributed by atoms with Crippen LogP contribution in [0, 0.1) is 5.92 Å². The minimum atomic E-state index is -0.414. The first kappa shape index (κ1) is 25.5. The minimum absolute atomic E-state index is 0.0259. The number of thioether (sulfide) groups is 1. The van der Waals surface area contributed by atoms with Crippen molar-refractivity contribution in [3.05, 3.63) is 83.2 Å². The van der Waals surface area contributed by atoms with Crippen LogP contribution in [0.1, 0.15) is 46.4 Å². The molecule has 1 amide bonds. The predicted octanol–water partition coefficient (Wildman–Crippen LogP) is 5.23. The molecule has 7 nitrogen and oxygen atoms in total. The number of allylic oxidation sites excluding steroid dienone is 1. The molecule has 1 atom stereocenters. The molecule has 0 aliphatic carbocycles. The highest BCUT2D eigenvalue weighted by Gasteiger charge is 2.27. The SMILES string of the molecule is C=CCn1c(SCC(=O)c2ccc(OC)cc2)nnc1C(NC(=O)c1ccccc1Cl)C(C)C. The van der Waals surface area contributed by atoms with Crippen LogP contribution in [0.2, 0.25) is 5.02 Å². The van der Waals surface area contributed by atoms with Gasteiger partial charge in [-0.15, -0.1) is 16.8 Å². The molecule has 1 N–H and O–H groups in total. The van der Waals surface area contributed by atoms with E-state index in [1.165, 1.54) is 11.8 Å². The van der Waals surface area contributed by atoms with Crippen molar-refractivity contribution in [1.82, 2.24) is 20.1 Å². The van der Waals surface area contributed by atoms with E-state index in [-0.39, 0.29) is 23.4 Å². The van der Waals surface area contributed by atoms with E-state index in [4.69, 9.17) is 16.3 Å². The highest BCUT2D eigenvalue weighted by Crippen LogP contribution is 2.27. The summed E-state index contributed by atoms with van der Waals surface area (Å²) in [4.78, 5) is 25.6. The van der Waals surface area contributed by atoms with Crippen molar-refractivity contribution in [2.45, 2.75) is 31.6 Å². The molecule has 0 aliphatic heterocycles. The molecule has 0 radical (unpaired) electrons. The number of Topliss-reactive ketones (excluding diaryl/α,β-unsaturated/α-hetero) is 1. The van der Waals surface area contributed by atoms with E-state index in [1.54, 1.807) is 61.7 Å². The van der Waals surface area contributed by atoms with Crippen molar-refractivity contribution in [2.75, 3.05) is 12.9 Å². The Morgan fingerprint density at radius 1 is 1.18 bits per heavy atom. The van der Waals surface area contributed by atoms with Crippen LogP contribution in [0.3, 0.4) is 0 Å². The molecule has 0 aliphatic rings. The van der Waals surface area contributed by atoms with E-state index < -0.39 is 6.04 Å². The van der Waals surface area contributed by atoms with Gasteiger partial charge in [-0.05, 0) is 42.3 Å². The van der Waals surface area contributed by atoms with Crippen molar-refractivity contribution in [1.29, 1.82) is 0 Å². The van der Waals surface area contributed by atoms with Gasteiger partial charge in [0.25, 0.3) is 5.91 Å². The number of hydrogen-bond acceptors (Lipinski definition) is 6. The van der Waals surface area contributed by atoms with Gasteiger partial charge >= 0.3 is 0 Å². The van der Waals surface area contributed by atoms with Gasteiger partial charge in [0.1, 0.15) is 5.75 Å². The summed E-state index contributed by atoms with van der Waals surface area (Å²) in [5.74, 6) is 1.18. The lowest BCUT2D eigenvalue weighted by Gasteiger charge is -2.22. The van der Waals surface area contributed by atoms with Crippen LogP contribution in [-0.4, -0.2) is 39.3 Å². The summed E-state index contributed by atoms with van der Waals surface area (Å²) in [7, 11) is 1.58. The van der Waals surface area contributed by atoms with E-state index >= 15 is 0 Å². The summed E-state index contributed by atoms with van der Waals surface area (Å²) in [6.45, 7) is 8.25. The molecule has 1 heterocycles. The zero-order valence-electron chi connectivity index (χ0n) is 19.3. The van der Waals surface area contributed by atoms with Crippen LogP contribution in [0.25, 0.3) is 0 Å². The Morgan fingerprint density at radius 2 is 1.88 bits per heavy atom. The molecule has 0 spiro atoms. The van der Waals surface area contributed by atoms with E-state index in [2.05, 4.69) is 22.1 Å². The Bertz CT molecular complexity index is 1160. The third-order valence-corrected chi connectivity index (χ3v) is 6.45. The number of rotatable bonds is 11. The second-order valence-electron chi connectivity index (χ2n) is 7.86. The van der Waals surface area contributed by atoms with E-state index in [1.807, 2.05) is 18.4 Å². The molecule has 9 heteroatoms. The number of hydrogen-bond donors (Lipinski definition) is 1. The van der Waals surface area contributed by atoms with Crippen molar-refractivity contribution in [2.24, 2.45) is 5.92 Å². The Labute approximate surface area is 208 Å². The number of nitrogens with one attached hydrogen (secondary N) is 1. The molecule has 34 heavy (non-hydrogen) atoms. The summed E-state index contributed by atoms with van der Waals surface area (Å²) in [5, 5.41) is 12.7. The molecule has 3 aromatic rings. The van der Waals surface area contributed by atoms with Gasteiger partial charge in [0, 0.05) is 12.1 Å². The monoisotopic (exact) mass is 498 g/mol. The second kappa shape index (κ2) is 11.9. The number of benzene rings is 2. The Kier molecular flexibility index (Phi) is 8.90. The van der Waals surface area contributed by atoms with Crippen LogP contribution in [-0.2, 0) is 6.54 Å². The zero-order chi connectivity index (χ0) is 24.7. The third-order valence-electron chi connectivity index (χ3n) is 5.15. The summed E-state index contributed by atoms with van der Waals surface area (Å²) in [6, 6.07) is 13.5. The number of nitrogens with zero attached hydrogens (tertiary/aromatic N) is 3. The lowest BCUT2D eigenvalue weighted by molar-refractivity contribution is 0.0921. The summed E-state index contributed by atoms with van der Waals surface area (Å²) >= 11 is 7.50. The molecule has 0 saturated heterocycles. The fraction of sp³-hybridized carbons (Fsp3) is 0.280. The second-order valence-corrected chi connectivity index (χ2v) is 9.21. The van der Waals surface area contributed by atoms with Gasteiger partial charge in [-0.25, -0.2) is 0 Å². The number of ether oxygens (including phenoxy) is 1. The highest BCUT2D eigenvalue weighted by atomic mass is 35.5. The lowest BCUT2D eigenvalue weighted by Crippen LogP contribution is -2.34. The van der Waals surface area contributed by atoms with Crippen molar-refractivity contribution in [3.63, 3.8) is 0 Å². The number of amides is 1. The Morgan fingerprint density at radius 3 is 2.50 bits per heavy atom. The topological polar surface area (TPSA) is 86.1 Å². The Balaban J connectivity index is 1.80. The lowest BCUT2D eigenvalue weighted by atomic mass is 10.0. The first-order valence-electron chi connectivity index (χ1n) is 10.7. The van der Waals surface area contributed by atoms with E-state index in [0.717, 1.165) is 0 Å². The van der Waals surface area contributed by atoms with Gasteiger partial charge < -0.3 is 14.6 Å². The summed E-state index contributed by atoms with van der Waals surface area (Å²) in [5.41, 5.74) is 0.986. The normalized spacial score (nSPS) is 11.8. The summed E-state index contributed by atoms with van der Waals surface area (Å²) < 4.78 is 7.01. The molecule has 0 saturated carbocycles. The standard InChI is InChI=1S/C25H27ClN4O3S/c1-5-14-30-23(22(16(2)3)27-24(32)19-8-6-7-9-20(19)26)28-29-25(30)34-15-21(31)17-10-12-18(33-4)13-11-17/h5-13,16,22H,1,14-15H2,2-4H3,(H,27,32). The van der Waals surface area contributed by atoms with Crippen molar-refractivity contribution in [3.8, 4) is 5.75 Å². The largest absolute Gasteiger partial charge is 0.497 e. The van der Waals surface area contributed by atoms with Crippen LogP contribution in [0.4, 0.5) is 0 Å². The predicted molar refractivity (Wildman–Crippen MR) is 135 cm³/mol. The summed E-state index contributed by atoms with van der Waals surface area (Å²) in [6.07, 6.45) is 1.73. The first-order valence-corrected chi connectivity index (χ1v) is 12.1. The highest BCUT2D eigenvalue weighted by molar-refractivity contribution is 7.99. The van der Waals surface area contributed by atoms with Gasteiger partial charge in [0.05, 0.1) is 29.5 Å². The molecule has 178 valence electrons. The number of aromatic nitrogens is 3. The zero-order valence-corrected chi connectivity index (χ0v) is 20.9. The fourth-order valence-corrected chi connectivity index (χ4v) is 4.39. The average molecular weight is 499 g/mol. The molecule has 1 aromatic heterocycles.